The lowest BCUT2D eigenvalue weighted by Gasteiger charge is -2.59. The normalized spacial score (nSPS) is 23.4. The molecule has 2 aliphatic carbocycles. The summed E-state index contributed by atoms with van der Waals surface area (Å²) in [4.78, 5) is 44.0. The average molecular weight is 853 g/mol. The van der Waals surface area contributed by atoms with Crippen molar-refractivity contribution in [2.24, 2.45) is 22.9 Å². The average Bonchev–Trinajstić information content (AvgIpc) is 3.25. The molecule has 15 nitrogen and oxygen atoms in total. The van der Waals surface area contributed by atoms with Gasteiger partial charge in [0.2, 0.25) is 11.7 Å². The Hall–Kier alpha value is -5.90. The Balaban J connectivity index is 1.54. The second kappa shape index (κ2) is 19.9. The van der Waals surface area contributed by atoms with Crippen LogP contribution in [0.25, 0.3) is 6.08 Å². The van der Waals surface area contributed by atoms with Crippen molar-refractivity contribution in [3.8, 4) is 17.2 Å². The Morgan fingerprint density at radius 2 is 1.66 bits per heavy atom. The molecule has 6 rings (SSSR count). The van der Waals surface area contributed by atoms with Crippen molar-refractivity contribution in [2.45, 2.75) is 89.1 Å². The molecule has 6 atom stereocenters. The third-order valence-electron chi connectivity index (χ3n) is 11.7. The van der Waals surface area contributed by atoms with Crippen molar-refractivity contribution >= 4 is 29.1 Å². The summed E-state index contributed by atoms with van der Waals surface area (Å²) in [6, 6.07) is 16.6. The minimum absolute atomic E-state index is 0.00118. The largest absolute Gasteiger partial charge is 0.459 e. The highest BCUT2D eigenvalue weighted by molar-refractivity contribution is 6.03. The van der Waals surface area contributed by atoms with Crippen LogP contribution >= 0.6 is 0 Å². The predicted octanol–water partition coefficient (Wildman–Crippen LogP) is 8.90. The van der Waals surface area contributed by atoms with E-state index in [2.05, 4.69) is 12.7 Å². The molecule has 3 aromatic carbocycles. The van der Waals surface area contributed by atoms with Gasteiger partial charge in [0, 0.05) is 62.4 Å². The van der Waals surface area contributed by atoms with E-state index in [1.807, 2.05) is 26.8 Å². The number of nitrogens with zero attached hydrogens (tertiary/aromatic N) is 4. The number of rotatable bonds is 19. The van der Waals surface area contributed by atoms with Crippen LogP contribution in [0.2, 0.25) is 0 Å². The van der Waals surface area contributed by atoms with E-state index < -0.39 is 33.2 Å². The molecule has 1 amide bonds. The van der Waals surface area contributed by atoms with Crippen molar-refractivity contribution in [3.63, 3.8) is 0 Å². The fourth-order valence-electron chi connectivity index (χ4n) is 8.93. The fourth-order valence-corrected chi connectivity index (χ4v) is 8.93. The molecular weight excluding hydrogens is 797 g/mol. The lowest BCUT2D eigenvalue weighted by Crippen LogP contribution is -2.69. The second-order valence-corrected chi connectivity index (χ2v) is 17.0. The Kier molecular flexibility index (Phi) is 14.6. The van der Waals surface area contributed by atoms with Gasteiger partial charge >= 0.3 is 0 Å². The molecule has 15 heteroatoms. The number of aliphatic hydroxyl groups is 2. The Labute approximate surface area is 361 Å². The Morgan fingerprint density at radius 3 is 2.32 bits per heavy atom. The molecule has 330 valence electrons. The van der Waals surface area contributed by atoms with Gasteiger partial charge in [-0.15, -0.1) is 6.58 Å². The number of nitro benzene ring substituents is 2. The van der Waals surface area contributed by atoms with E-state index >= 15 is 0 Å². The molecule has 1 heterocycles. The van der Waals surface area contributed by atoms with Crippen molar-refractivity contribution in [1.82, 2.24) is 4.90 Å². The van der Waals surface area contributed by atoms with Crippen LogP contribution in [0.5, 0.6) is 17.2 Å². The first-order valence-corrected chi connectivity index (χ1v) is 21.1. The Bertz CT molecular complexity index is 2200. The maximum atomic E-state index is 14.3. The summed E-state index contributed by atoms with van der Waals surface area (Å²) in [6.45, 7) is 9.86. The van der Waals surface area contributed by atoms with Gasteiger partial charge in [-0.05, 0) is 112 Å². The number of carbonyl (C=O) groups is 1. The van der Waals surface area contributed by atoms with E-state index in [-0.39, 0.29) is 61.3 Å². The van der Waals surface area contributed by atoms with E-state index in [0.29, 0.717) is 41.4 Å². The van der Waals surface area contributed by atoms with Gasteiger partial charge in [0.1, 0.15) is 28.9 Å². The number of benzene rings is 3. The molecule has 3 aliphatic rings. The number of hydrogen-bond donors (Lipinski definition) is 2. The summed E-state index contributed by atoms with van der Waals surface area (Å²) in [5.41, 5.74) is 2.10. The highest BCUT2D eigenvalue weighted by Gasteiger charge is 2.65. The zero-order valence-corrected chi connectivity index (χ0v) is 35.7. The summed E-state index contributed by atoms with van der Waals surface area (Å²) in [5, 5.41) is 47.5. The lowest BCUT2D eigenvalue weighted by atomic mass is 9.55. The highest BCUT2D eigenvalue weighted by atomic mass is 16.7. The molecule has 0 unspecified atom stereocenters. The molecule has 0 spiro atoms. The molecular formula is C47H56N4O11. The van der Waals surface area contributed by atoms with Gasteiger partial charge in [-0.25, -0.2) is 0 Å². The number of likely N-dealkylation sites (N-methyl/N-ethyl adjacent to an activating group) is 1. The minimum Gasteiger partial charge on any atom is -0.459 e. The number of ether oxygens (including phenoxy) is 3. The fraction of sp³-hybridized carbons (Fsp3) is 0.447. The van der Waals surface area contributed by atoms with Crippen molar-refractivity contribution in [2.75, 3.05) is 26.9 Å². The highest BCUT2D eigenvalue weighted by Crippen LogP contribution is 2.62. The minimum atomic E-state index is -1.49. The van der Waals surface area contributed by atoms with Crippen LogP contribution in [0, 0.1) is 38.0 Å². The van der Waals surface area contributed by atoms with Crippen LogP contribution in [-0.2, 0) is 14.4 Å². The molecule has 0 saturated heterocycles. The summed E-state index contributed by atoms with van der Waals surface area (Å²) < 4.78 is 20.4. The van der Waals surface area contributed by atoms with Crippen molar-refractivity contribution in [1.29, 1.82) is 0 Å². The zero-order valence-electron chi connectivity index (χ0n) is 35.7. The first-order valence-electron chi connectivity index (χ1n) is 21.1. The number of non-ortho nitro benzene ring substituents is 2. The van der Waals surface area contributed by atoms with E-state index in [0.717, 1.165) is 36.8 Å². The monoisotopic (exact) mass is 852 g/mol. The number of oxime groups is 1. The number of unbranched alkanes of at least 4 members (excludes halogenated alkanes) is 2. The van der Waals surface area contributed by atoms with Gasteiger partial charge < -0.3 is 34.2 Å². The van der Waals surface area contributed by atoms with Crippen LogP contribution in [0.3, 0.4) is 0 Å². The van der Waals surface area contributed by atoms with Crippen LogP contribution in [0.1, 0.15) is 82.8 Å². The van der Waals surface area contributed by atoms with Gasteiger partial charge in [-0.2, -0.15) is 0 Å². The molecule has 0 bridgehead atoms. The summed E-state index contributed by atoms with van der Waals surface area (Å²) in [7, 11) is 1.69. The van der Waals surface area contributed by atoms with Crippen molar-refractivity contribution in [3.05, 3.63) is 128 Å². The second-order valence-electron chi connectivity index (χ2n) is 17.0. The van der Waals surface area contributed by atoms with Crippen LogP contribution in [0.15, 0.2) is 102 Å². The molecule has 62 heavy (non-hydrogen) atoms. The number of carbonyl (C=O) groups excluding carboxylic acids is 1. The maximum absolute atomic E-state index is 14.3. The molecule has 1 fully saturated rings. The zero-order chi connectivity index (χ0) is 44.6. The quantitative estimate of drug-likeness (QED) is 0.0384. The van der Waals surface area contributed by atoms with Gasteiger partial charge in [-0.1, -0.05) is 36.2 Å². The lowest BCUT2D eigenvalue weighted by molar-refractivity contribution is -0.385. The summed E-state index contributed by atoms with van der Waals surface area (Å²) in [5.74, 6) is -1.54. The summed E-state index contributed by atoms with van der Waals surface area (Å²) in [6.07, 6.45) is 11.3. The topological polar surface area (TPSA) is 196 Å². The van der Waals surface area contributed by atoms with E-state index in [1.165, 1.54) is 30.3 Å². The smallest absolute Gasteiger partial charge is 0.273 e. The predicted molar refractivity (Wildman–Crippen MR) is 234 cm³/mol. The van der Waals surface area contributed by atoms with Gasteiger partial charge in [0.05, 0.1) is 34.1 Å². The number of allylic oxidation sites excluding steroid dienone is 1. The Morgan fingerprint density at radius 1 is 0.968 bits per heavy atom. The van der Waals surface area contributed by atoms with E-state index in [9.17, 15) is 35.2 Å². The molecule has 2 N–H and O–H groups in total. The third kappa shape index (κ3) is 10.2. The first kappa shape index (κ1) is 45.6. The number of nitro groups is 2. The van der Waals surface area contributed by atoms with Gasteiger partial charge in [0.15, 0.2) is 0 Å². The van der Waals surface area contributed by atoms with Crippen molar-refractivity contribution < 1.29 is 43.9 Å². The number of fused-ring (bicyclic) bond motifs is 2. The molecule has 0 aromatic heterocycles. The van der Waals surface area contributed by atoms with Gasteiger partial charge in [0.25, 0.3) is 11.4 Å². The van der Waals surface area contributed by atoms with Crippen LogP contribution < -0.4 is 9.47 Å². The van der Waals surface area contributed by atoms with E-state index in [4.69, 9.17) is 24.2 Å². The number of hydrogen-bond acceptors (Lipinski definition) is 12. The third-order valence-corrected chi connectivity index (χ3v) is 11.7. The first-order chi connectivity index (χ1) is 29.7. The molecule has 3 aromatic rings. The van der Waals surface area contributed by atoms with Gasteiger partial charge in [-0.3, -0.25) is 25.0 Å². The molecule has 0 radical (unpaired) electrons. The maximum Gasteiger partial charge on any atom is 0.273 e. The summed E-state index contributed by atoms with van der Waals surface area (Å²) >= 11 is 0. The van der Waals surface area contributed by atoms with Crippen LogP contribution in [0.4, 0.5) is 11.4 Å². The molecule has 1 aliphatic heterocycles. The van der Waals surface area contributed by atoms with E-state index in [1.54, 1.807) is 60.5 Å². The standard InChI is InChI=1S/C47H56N4O11/c1-6-26-59-47-42(49(5)43(54)23-18-31-16-19-33(20-17-31)50(55)56)30-40(48-62-46(2,3)4)38-27-32(12-7-9-24-52)37(15-8-10-25-53)44(45(38)47)39-29-36(21-22-41(39)61-47)60-35-14-11-13-34(28-35)51(57)58/h6,11,13-14,16-23,27-29,32,37,42,44-45,52-53H,1,7-10,12,15,24-26,30H2,2-5H3/t32-,37+,42-,44+,45+,47+/m0/s1. The number of amides is 1. The SMILES string of the molecule is C=CCO[C@@]12Oc3ccc(Oc4cccc([N+](=O)[O-])c4)cc3[C@H]3[C@H](CCCCO)[C@@H](CCCCO)C=C(C(=NOC(C)(C)C)C[C@@H]1N(C)C(=O)C=Cc1ccc([N+](=O)[O-])cc1)[C@H]32. The molecule has 1 saturated carbocycles. The number of aliphatic hydroxyl groups excluding tert-OH is 2. The van der Waals surface area contributed by atoms with Crippen LogP contribution in [-0.4, -0.2) is 80.9 Å².